The molecule has 6 heteroatoms. The van der Waals surface area contributed by atoms with Crippen LogP contribution in [0.4, 0.5) is 0 Å². The zero-order chi connectivity index (χ0) is 14.2. The Morgan fingerprint density at radius 2 is 2.05 bits per heavy atom. The Balaban J connectivity index is 1.91. The summed E-state index contributed by atoms with van der Waals surface area (Å²) in [6.45, 7) is 1.92. The molecule has 0 spiro atoms. The third-order valence-corrected chi connectivity index (χ3v) is 4.16. The van der Waals surface area contributed by atoms with Crippen LogP contribution in [0.3, 0.4) is 0 Å². The van der Waals surface area contributed by atoms with Crippen molar-refractivity contribution in [2.45, 2.75) is 18.9 Å². The Morgan fingerprint density at radius 3 is 2.81 bits per heavy atom. The predicted octanol–water partition coefficient (Wildman–Crippen LogP) is 1.44. The van der Waals surface area contributed by atoms with Crippen LogP contribution in [0.15, 0.2) is 41.5 Å². The molecule has 108 valence electrons. The molecule has 1 aliphatic heterocycles. The first-order valence-corrected chi connectivity index (χ1v) is 7.28. The highest BCUT2D eigenvalue weighted by molar-refractivity contribution is 5.84. The lowest BCUT2D eigenvalue weighted by Crippen LogP contribution is -2.33. The highest BCUT2D eigenvalue weighted by Crippen LogP contribution is 2.25. The number of fused-ring (bicyclic) bond motifs is 1. The molecule has 21 heavy (non-hydrogen) atoms. The monoisotopic (exact) mass is 283 g/mol. The van der Waals surface area contributed by atoms with E-state index in [4.69, 9.17) is 0 Å². The van der Waals surface area contributed by atoms with Crippen LogP contribution in [-0.2, 0) is 0 Å². The standard InChI is InChI=1S/C15H17N5O/c21-15-18-14-12(19-10-2-7-17-19)3-1-4-13(14)20(15)11-5-8-16-9-6-11/h1-4,7,10-11,16H,5-6,8-9H2,(H,18,21). The van der Waals surface area contributed by atoms with Crippen molar-refractivity contribution in [3.63, 3.8) is 0 Å². The summed E-state index contributed by atoms with van der Waals surface area (Å²) in [6, 6.07) is 8.09. The van der Waals surface area contributed by atoms with E-state index in [0.717, 1.165) is 42.7 Å². The summed E-state index contributed by atoms with van der Waals surface area (Å²) in [5, 5.41) is 7.60. The lowest BCUT2D eigenvalue weighted by Gasteiger charge is -2.23. The van der Waals surface area contributed by atoms with E-state index in [2.05, 4.69) is 15.4 Å². The Morgan fingerprint density at radius 1 is 1.19 bits per heavy atom. The summed E-state index contributed by atoms with van der Waals surface area (Å²) in [4.78, 5) is 15.4. The molecule has 2 N–H and O–H groups in total. The van der Waals surface area contributed by atoms with E-state index in [-0.39, 0.29) is 11.7 Å². The Labute approximate surface area is 121 Å². The first-order valence-electron chi connectivity index (χ1n) is 7.28. The van der Waals surface area contributed by atoms with Crippen LogP contribution in [0, 0.1) is 0 Å². The number of hydrogen-bond donors (Lipinski definition) is 2. The average Bonchev–Trinajstić information content (AvgIpc) is 3.14. The van der Waals surface area contributed by atoms with Gasteiger partial charge in [0.15, 0.2) is 0 Å². The van der Waals surface area contributed by atoms with Gasteiger partial charge in [-0.2, -0.15) is 5.10 Å². The molecule has 0 amide bonds. The molecule has 1 aliphatic rings. The smallest absolute Gasteiger partial charge is 0.317 e. The van der Waals surface area contributed by atoms with Gasteiger partial charge in [-0.1, -0.05) is 6.07 Å². The second-order valence-electron chi connectivity index (χ2n) is 5.40. The van der Waals surface area contributed by atoms with Crippen LogP contribution in [0.5, 0.6) is 0 Å². The summed E-state index contributed by atoms with van der Waals surface area (Å²) >= 11 is 0. The van der Waals surface area contributed by atoms with Gasteiger partial charge in [0.2, 0.25) is 0 Å². The van der Waals surface area contributed by atoms with E-state index >= 15 is 0 Å². The van der Waals surface area contributed by atoms with Crippen molar-refractivity contribution in [3.8, 4) is 5.69 Å². The molecule has 1 saturated heterocycles. The van der Waals surface area contributed by atoms with Crippen LogP contribution in [-0.4, -0.2) is 32.4 Å². The molecule has 0 radical (unpaired) electrons. The second kappa shape index (κ2) is 4.89. The van der Waals surface area contributed by atoms with Crippen molar-refractivity contribution in [1.29, 1.82) is 0 Å². The maximum atomic E-state index is 12.4. The van der Waals surface area contributed by atoms with Gasteiger partial charge in [-0.25, -0.2) is 9.48 Å². The molecule has 6 nitrogen and oxygen atoms in total. The lowest BCUT2D eigenvalue weighted by molar-refractivity contribution is 0.368. The fourth-order valence-electron chi connectivity index (χ4n) is 3.16. The van der Waals surface area contributed by atoms with Gasteiger partial charge in [0.1, 0.15) is 0 Å². The van der Waals surface area contributed by atoms with Crippen LogP contribution in [0.2, 0.25) is 0 Å². The van der Waals surface area contributed by atoms with Crippen molar-refractivity contribution in [2.75, 3.05) is 13.1 Å². The molecule has 3 aromatic rings. The highest BCUT2D eigenvalue weighted by atomic mass is 16.1. The average molecular weight is 283 g/mol. The number of imidazole rings is 1. The molecule has 1 fully saturated rings. The second-order valence-corrected chi connectivity index (χ2v) is 5.40. The normalized spacial score (nSPS) is 16.6. The largest absolute Gasteiger partial charge is 0.326 e. The van der Waals surface area contributed by atoms with E-state index < -0.39 is 0 Å². The molecule has 0 atom stereocenters. The number of aromatic amines is 1. The number of nitrogens with zero attached hydrogens (tertiary/aromatic N) is 3. The molecule has 0 saturated carbocycles. The first-order chi connectivity index (χ1) is 10.3. The number of nitrogens with one attached hydrogen (secondary N) is 2. The van der Waals surface area contributed by atoms with Crippen LogP contribution in [0.25, 0.3) is 16.7 Å². The minimum atomic E-state index is -0.0310. The fraction of sp³-hybridized carbons (Fsp3) is 0.333. The van der Waals surface area contributed by atoms with Crippen LogP contribution >= 0.6 is 0 Å². The topological polar surface area (TPSA) is 67.6 Å². The highest BCUT2D eigenvalue weighted by Gasteiger charge is 2.20. The summed E-state index contributed by atoms with van der Waals surface area (Å²) in [5.41, 5.74) is 2.68. The van der Waals surface area contributed by atoms with Gasteiger partial charge in [0, 0.05) is 18.4 Å². The number of para-hydroxylation sites is 1. The molecule has 0 bridgehead atoms. The third kappa shape index (κ3) is 1.99. The molecule has 2 aromatic heterocycles. The van der Waals surface area contributed by atoms with Crippen molar-refractivity contribution in [3.05, 3.63) is 47.1 Å². The number of H-pyrrole nitrogens is 1. The van der Waals surface area contributed by atoms with Crippen LogP contribution < -0.4 is 11.0 Å². The Hall–Kier alpha value is -2.34. The Kier molecular flexibility index (Phi) is 2.89. The maximum absolute atomic E-state index is 12.4. The number of aromatic nitrogens is 4. The van der Waals surface area contributed by atoms with Crippen molar-refractivity contribution >= 4 is 11.0 Å². The fourth-order valence-corrected chi connectivity index (χ4v) is 3.16. The van der Waals surface area contributed by atoms with E-state index in [1.807, 2.05) is 35.0 Å². The summed E-state index contributed by atoms with van der Waals surface area (Å²) in [7, 11) is 0. The zero-order valence-corrected chi connectivity index (χ0v) is 11.6. The Bertz CT molecular complexity index is 808. The molecular weight excluding hydrogens is 266 g/mol. The van der Waals surface area contributed by atoms with Crippen molar-refractivity contribution in [1.82, 2.24) is 24.6 Å². The van der Waals surface area contributed by atoms with E-state index in [1.54, 1.807) is 10.9 Å². The van der Waals surface area contributed by atoms with Crippen LogP contribution in [0.1, 0.15) is 18.9 Å². The van der Waals surface area contributed by atoms with E-state index in [0.29, 0.717) is 0 Å². The maximum Gasteiger partial charge on any atom is 0.326 e. The van der Waals surface area contributed by atoms with Gasteiger partial charge < -0.3 is 10.3 Å². The van der Waals surface area contributed by atoms with Crippen molar-refractivity contribution < 1.29 is 0 Å². The molecule has 1 aromatic carbocycles. The minimum absolute atomic E-state index is 0.0310. The summed E-state index contributed by atoms with van der Waals surface area (Å²) in [5.74, 6) is 0. The van der Waals surface area contributed by atoms with E-state index in [1.165, 1.54) is 0 Å². The molecular formula is C15H17N5O. The van der Waals surface area contributed by atoms with Gasteiger partial charge in [-0.3, -0.25) is 4.57 Å². The number of benzene rings is 1. The molecule has 3 heterocycles. The van der Waals surface area contributed by atoms with Gasteiger partial charge in [-0.05, 0) is 44.1 Å². The molecule has 0 unspecified atom stereocenters. The van der Waals surface area contributed by atoms with Gasteiger partial charge in [0.05, 0.1) is 16.7 Å². The quantitative estimate of drug-likeness (QED) is 0.748. The van der Waals surface area contributed by atoms with E-state index in [9.17, 15) is 4.79 Å². The van der Waals surface area contributed by atoms with Gasteiger partial charge in [-0.15, -0.1) is 0 Å². The van der Waals surface area contributed by atoms with Gasteiger partial charge in [0.25, 0.3) is 0 Å². The van der Waals surface area contributed by atoms with Gasteiger partial charge >= 0.3 is 5.69 Å². The summed E-state index contributed by atoms with van der Waals surface area (Å²) < 4.78 is 3.69. The number of hydrogen-bond acceptors (Lipinski definition) is 3. The molecule has 4 rings (SSSR count). The predicted molar refractivity (Wildman–Crippen MR) is 80.8 cm³/mol. The first kappa shape index (κ1) is 12.4. The summed E-state index contributed by atoms with van der Waals surface area (Å²) in [6.07, 6.45) is 5.59. The molecule has 0 aliphatic carbocycles. The zero-order valence-electron chi connectivity index (χ0n) is 11.6. The SMILES string of the molecule is O=c1[nH]c2c(-n3cccn3)cccc2n1C1CCNCC1. The minimum Gasteiger partial charge on any atom is -0.317 e. The number of piperidine rings is 1. The third-order valence-electron chi connectivity index (χ3n) is 4.16. The van der Waals surface area contributed by atoms with Crippen molar-refractivity contribution in [2.24, 2.45) is 0 Å². The number of rotatable bonds is 2. The lowest BCUT2D eigenvalue weighted by atomic mass is 10.1.